The van der Waals surface area contributed by atoms with E-state index in [2.05, 4.69) is 10.1 Å². The molecular formula is C24H28N4O8. The summed E-state index contributed by atoms with van der Waals surface area (Å²) in [6, 6.07) is 10.1. The molecule has 192 valence electrons. The number of aliphatic carboxylic acids is 1. The van der Waals surface area contributed by atoms with Crippen molar-refractivity contribution in [3.8, 4) is 0 Å². The second-order valence-corrected chi connectivity index (χ2v) is 7.55. The Morgan fingerprint density at radius 3 is 1.78 bits per heavy atom. The fraction of sp³-hybridized carbons (Fsp3) is 0.250. The summed E-state index contributed by atoms with van der Waals surface area (Å²) in [7, 11) is 0. The molecule has 0 radical (unpaired) electrons. The van der Waals surface area contributed by atoms with E-state index in [0.29, 0.717) is 22.5 Å². The van der Waals surface area contributed by atoms with Crippen LogP contribution in [-0.4, -0.2) is 40.7 Å². The molecule has 1 fully saturated rings. The van der Waals surface area contributed by atoms with Gasteiger partial charge in [0.1, 0.15) is 0 Å². The molecule has 3 amide bonds. The van der Waals surface area contributed by atoms with Crippen molar-refractivity contribution >= 4 is 47.0 Å². The maximum Gasteiger partial charge on any atom is 0.314 e. The van der Waals surface area contributed by atoms with E-state index in [9.17, 15) is 28.8 Å². The molecule has 0 bridgehead atoms. The Hall–Kier alpha value is -4.74. The van der Waals surface area contributed by atoms with Gasteiger partial charge in [-0.05, 0) is 37.1 Å². The van der Waals surface area contributed by atoms with E-state index in [-0.39, 0.29) is 31.2 Å². The van der Waals surface area contributed by atoms with Crippen molar-refractivity contribution in [3.63, 3.8) is 0 Å². The maximum absolute atomic E-state index is 11.5. The number of cyclic esters (lactones) is 2. The molecule has 1 aliphatic rings. The van der Waals surface area contributed by atoms with Gasteiger partial charge in [-0.15, -0.1) is 0 Å². The number of nitrogens with one attached hydrogen (secondary N) is 1. The zero-order valence-electron chi connectivity index (χ0n) is 19.8. The number of primary amides is 2. The quantitative estimate of drug-likeness (QED) is 0.219. The number of carbonyl (C=O) groups is 6. The Morgan fingerprint density at radius 1 is 0.861 bits per heavy atom. The van der Waals surface area contributed by atoms with Crippen LogP contribution in [0, 0.1) is 13.8 Å². The standard InChI is InChI=1S/C12H14N2O4.C8H10N2O.C4H4O3/c1-7-3-2-4-8(12(13)18)11(7)14-9(15)5-6-10(16)17;1-5-3-2-4-6(7(5)9)8(10)11;5-3-1-2-4(6)7-3/h2-4H,5-6H2,1H3,(H2,13,18)(H,14,15)(H,16,17);2-4H,9H2,1H3,(H2,10,11);1-2H2. The van der Waals surface area contributed by atoms with Crippen LogP contribution in [0.15, 0.2) is 36.4 Å². The van der Waals surface area contributed by atoms with Crippen LogP contribution in [0.1, 0.15) is 57.5 Å². The van der Waals surface area contributed by atoms with Gasteiger partial charge in [0.05, 0.1) is 36.1 Å². The first-order valence-corrected chi connectivity index (χ1v) is 10.6. The Morgan fingerprint density at radius 2 is 1.36 bits per heavy atom. The summed E-state index contributed by atoms with van der Waals surface area (Å²) < 4.78 is 4.08. The minimum Gasteiger partial charge on any atom is -0.481 e. The van der Waals surface area contributed by atoms with Crippen LogP contribution in [0.5, 0.6) is 0 Å². The molecule has 0 aromatic heterocycles. The van der Waals surface area contributed by atoms with Gasteiger partial charge in [-0.25, -0.2) is 0 Å². The van der Waals surface area contributed by atoms with Gasteiger partial charge in [-0.2, -0.15) is 0 Å². The Balaban J connectivity index is 0.000000303. The number of para-hydroxylation sites is 2. The molecule has 0 unspecified atom stereocenters. The van der Waals surface area contributed by atoms with Crippen LogP contribution in [0.4, 0.5) is 11.4 Å². The van der Waals surface area contributed by atoms with E-state index in [4.69, 9.17) is 22.3 Å². The topological polar surface area (TPSA) is 222 Å². The SMILES string of the molecule is Cc1cccc(C(N)=O)c1N.Cc1cccc(C(N)=O)c1NC(=O)CCC(=O)O.O=C1CCC(=O)O1. The Bertz CT molecular complexity index is 1160. The van der Waals surface area contributed by atoms with Crippen LogP contribution in [-0.2, 0) is 23.9 Å². The lowest BCUT2D eigenvalue weighted by Gasteiger charge is -2.11. The van der Waals surface area contributed by atoms with Crippen molar-refractivity contribution in [1.29, 1.82) is 0 Å². The predicted octanol–water partition coefficient (Wildman–Crippen LogP) is 1.42. The third-order valence-electron chi connectivity index (χ3n) is 4.72. The summed E-state index contributed by atoms with van der Waals surface area (Å²) in [6.45, 7) is 3.56. The van der Waals surface area contributed by atoms with Gasteiger partial charge in [0.2, 0.25) is 5.91 Å². The lowest BCUT2D eigenvalue weighted by Crippen LogP contribution is -2.19. The molecule has 1 saturated heterocycles. The van der Waals surface area contributed by atoms with Crippen molar-refractivity contribution in [3.05, 3.63) is 58.7 Å². The second kappa shape index (κ2) is 13.8. The average Bonchev–Trinajstić information content (AvgIpc) is 3.18. The lowest BCUT2D eigenvalue weighted by molar-refractivity contribution is -0.152. The number of carboxylic acids is 1. The number of carboxylic acid groups (broad SMARTS) is 1. The third kappa shape index (κ3) is 9.63. The second-order valence-electron chi connectivity index (χ2n) is 7.55. The first-order chi connectivity index (χ1) is 16.8. The minimum atomic E-state index is -1.05. The number of aryl methyl sites for hydroxylation is 2. The summed E-state index contributed by atoms with van der Waals surface area (Å²) in [5.74, 6) is -3.44. The fourth-order valence-corrected chi connectivity index (χ4v) is 2.79. The number of hydrogen-bond donors (Lipinski definition) is 5. The minimum absolute atomic E-state index is 0.151. The molecule has 12 nitrogen and oxygen atoms in total. The van der Waals surface area contributed by atoms with E-state index in [0.717, 1.165) is 5.56 Å². The summed E-state index contributed by atoms with van der Waals surface area (Å²) in [6.07, 6.45) is 0.114. The molecule has 0 spiro atoms. The zero-order valence-corrected chi connectivity index (χ0v) is 19.8. The van der Waals surface area contributed by atoms with E-state index in [1.807, 2.05) is 13.0 Å². The van der Waals surface area contributed by atoms with Gasteiger partial charge in [0, 0.05) is 12.1 Å². The van der Waals surface area contributed by atoms with Crippen molar-refractivity contribution in [1.82, 2.24) is 0 Å². The molecule has 36 heavy (non-hydrogen) atoms. The van der Waals surface area contributed by atoms with Gasteiger partial charge in [-0.3, -0.25) is 28.8 Å². The highest BCUT2D eigenvalue weighted by atomic mass is 16.6. The van der Waals surface area contributed by atoms with Crippen molar-refractivity contribution in [2.75, 3.05) is 11.1 Å². The van der Waals surface area contributed by atoms with Gasteiger partial charge in [-0.1, -0.05) is 24.3 Å². The molecule has 1 aliphatic heterocycles. The highest BCUT2D eigenvalue weighted by Crippen LogP contribution is 2.20. The monoisotopic (exact) mass is 500 g/mol. The number of benzene rings is 2. The van der Waals surface area contributed by atoms with Crippen LogP contribution in [0.3, 0.4) is 0 Å². The largest absolute Gasteiger partial charge is 0.481 e. The lowest BCUT2D eigenvalue weighted by atomic mass is 10.1. The molecule has 3 rings (SSSR count). The maximum atomic E-state index is 11.5. The summed E-state index contributed by atoms with van der Waals surface area (Å²) in [4.78, 5) is 63.8. The smallest absolute Gasteiger partial charge is 0.314 e. The van der Waals surface area contributed by atoms with Crippen molar-refractivity contribution in [2.45, 2.75) is 39.5 Å². The van der Waals surface area contributed by atoms with E-state index in [1.54, 1.807) is 31.2 Å². The average molecular weight is 501 g/mol. The summed E-state index contributed by atoms with van der Waals surface area (Å²) >= 11 is 0. The van der Waals surface area contributed by atoms with Gasteiger partial charge >= 0.3 is 17.9 Å². The van der Waals surface area contributed by atoms with Crippen LogP contribution < -0.4 is 22.5 Å². The number of ether oxygens (including phenoxy) is 1. The molecule has 12 heteroatoms. The number of rotatable bonds is 6. The zero-order chi connectivity index (χ0) is 27.4. The number of amides is 3. The summed E-state index contributed by atoms with van der Waals surface area (Å²) in [5, 5.41) is 11.0. The number of esters is 2. The molecule has 0 atom stereocenters. The van der Waals surface area contributed by atoms with Gasteiger partial charge in [0.25, 0.3) is 11.8 Å². The molecule has 2 aromatic carbocycles. The molecule has 0 aliphatic carbocycles. The highest BCUT2D eigenvalue weighted by Gasteiger charge is 2.19. The van der Waals surface area contributed by atoms with Gasteiger partial charge in [0.15, 0.2) is 0 Å². The van der Waals surface area contributed by atoms with Crippen molar-refractivity contribution in [2.24, 2.45) is 11.5 Å². The Labute approximate surface area is 206 Å². The summed E-state index contributed by atoms with van der Waals surface area (Å²) in [5.41, 5.74) is 18.8. The highest BCUT2D eigenvalue weighted by molar-refractivity contribution is 6.04. The Kier molecular flexibility index (Phi) is 11.3. The third-order valence-corrected chi connectivity index (χ3v) is 4.72. The molecule has 8 N–H and O–H groups in total. The van der Waals surface area contributed by atoms with Crippen molar-refractivity contribution < 1.29 is 38.6 Å². The predicted molar refractivity (Wildman–Crippen MR) is 130 cm³/mol. The van der Waals surface area contributed by atoms with E-state index >= 15 is 0 Å². The number of nitrogen functional groups attached to an aromatic ring is 1. The fourth-order valence-electron chi connectivity index (χ4n) is 2.79. The van der Waals surface area contributed by atoms with E-state index < -0.39 is 35.6 Å². The van der Waals surface area contributed by atoms with E-state index in [1.165, 1.54) is 6.07 Å². The number of hydrogen-bond acceptors (Lipinski definition) is 8. The normalized spacial score (nSPS) is 11.7. The van der Waals surface area contributed by atoms with Crippen LogP contribution >= 0.6 is 0 Å². The molecule has 1 heterocycles. The number of nitrogens with two attached hydrogens (primary N) is 3. The molecule has 0 saturated carbocycles. The number of anilines is 2. The molecule has 2 aromatic rings. The number of carbonyl (C=O) groups excluding carboxylic acids is 5. The van der Waals surface area contributed by atoms with Crippen LogP contribution in [0.2, 0.25) is 0 Å². The van der Waals surface area contributed by atoms with Gasteiger partial charge < -0.3 is 32.4 Å². The molecular weight excluding hydrogens is 472 g/mol. The first-order valence-electron chi connectivity index (χ1n) is 10.6. The first kappa shape index (κ1) is 29.3. The van der Waals surface area contributed by atoms with Crippen LogP contribution in [0.25, 0.3) is 0 Å².